The molecule has 1 atom stereocenters. The molecule has 7 heteroatoms. The summed E-state index contributed by atoms with van der Waals surface area (Å²) in [6.45, 7) is 10.7. The Bertz CT molecular complexity index is 1270. The van der Waals surface area contributed by atoms with E-state index < -0.39 is 5.60 Å². The number of amides is 1. The number of esters is 1. The highest BCUT2D eigenvalue weighted by Crippen LogP contribution is 2.25. The summed E-state index contributed by atoms with van der Waals surface area (Å²) in [6.07, 6.45) is 6.85. The Kier molecular flexibility index (Phi) is 9.88. The van der Waals surface area contributed by atoms with Crippen LogP contribution in [-0.2, 0) is 14.3 Å². The van der Waals surface area contributed by atoms with E-state index in [0.717, 1.165) is 29.7 Å². The summed E-state index contributed by atoms with van der Waals surface area (Å²) < 4.78 is 10.7. The average Bonchev–Trinajstić information content (AvgIpc) is 3.11. The molecule has 206 valence electrons. The Morgan fingerprint density at radius 2 is 1.72 bits per heavy atom. The zero-order valence-electron chi connectivity index (χ0n) is 23.6. The van der Waals surface area contributed by atoms with Crippen LogP contribution in [0.2, 0.25) is 0 Å². The van der Waals surface area contributed by atoms with E-state index in [9.17, 15) is 14.4 Å². The summed E-state index contributed by atoms with van der Waals surface area (Å²) in [4.78, 5) is 39.3. The van der Waals surface area contributed by atoms with Gasteiger partial charge >= 0.3 is 5.97 Å². The van der Waals surface area contributed by atoms with E-state index in [2.05, 4.69) is 17.1 Å². The van der Waals surface area contributed by atoms with Crippen LogP contribution in [0.3, 0.4) is 0 Å². The molecule has 1 aliphatic carbocycles. The number of likely N-dealkylation sites (N-methyl/N-ethyl adjacent to an activating group) is 1. The van der Waals surface area contributed by atoms with Gasteiger partial charge < -0.3 is 19.7 Å². The van der Waals surface area contributed by atoms with Gasteiger partial charge in [0.05, 0.1) is 13.0 Å². The number of methoxy groups -OCH3 is 1. The summed E-state index contributed by atoms with van der Waals surface area (Å²) in [5.74, 6) is -0.188. The van der Waals surface area contributed by atoms with Crippen molar-refractivity contribution in [2.24, 2.45) is 0 Å². The van der Waals surface area contributed by atoms with Crippen molar-refractivity contribution in [3.05, 3.63) is 94.7 Å². The summed E-state index contributed by atoms with van der Waals surface area (Å²) in [7, 11) is 1.58. The van der Waals surface area contributed by atoms with Crippen molar-refractivity contribution in [2.75, 3.05) is 25.1 Å². The summed E-state index contributed by atoms with van der Waals surface area (Å²) in [6, 6.07) is 14.7. The molecule has 0 aliphatic heterocycles. The molecule has 1 aliphatic rings. The monoisotopic (exact) mass is 530 g/mol. The van der Waals surface area contributed by atoms with Crippen molar-refractivity contribution >= 4 is 23.9 Å². The van der Waals surface area contributed by atoms with E-state index in [1.165, 1.54) is 0 Å². The molecule has 0 saturated carbocycles. The first kappa shape index (κ1) is 29.4. The van der Waals surface area contributed by atoms with E-state index in [-0.39, 0.29) is 17.8 Å². The largest absolute Gasteiger partial charge is 0.497 e. The third-order valence-corrected chi connectivity index (χ3v) is 6.43. The Morgan fingerprint density at radius 3 is 2.28 bits per heavy atom. The van der Waals surface area contributed by atoms with Crippen LogP contribution >= 0.6 is 0 Å². The minimum atomic E-state index is -0.534. The number of carbonyl (C=O) groups is 3. The standard InChI is InChI=1S/C32H38N2O5/c1-7-34(28-16-10-23(11-17-28)22(2)31(37)39-32(3,4)5)20-25-8-14-27(15-9-26(25)21-35)33-30(36)24-12-18-29(38-6)19-13-24/h8,10-19,21-22H,7,9,20H2,1-6H3,(H,33,36). The second-order valence-electron chi connectivity index (χ2n) is 10.4. The summed E-state index contributed by atoms with van der Waals surface area (Å²) in [5.41, 5.74) is 4.01. The molecule has 7 nitrogen and oxygen atoms in total. The fourth-order valence-corrected chi connectivity index (χ4v) is 4.12. The molecular formula is C32H38N2O5. The van der Waals surface area contributed by atoms with Crippen LogP contribution in [0.25, 0.3) is 0 Å². The molecule has 0 heterocycles. The van der Waals surface area contributed by atoms with Gasteiger partial charge in [0, 0.05) is 35.6 Å². The molecular weight excluding hydrogens is 492 g/mol. The third kappa shape index (κ3) is 8.18. The number of hydrogen-bond acceptors (Lipinski definition) is 6. The maximum absolute atomic E-state index is 12.7. The average molecular weight is 531 g/mol. The fraction of sp³-hybridized carbons (Fsp3) is 0.344. The Balaban J connectivity index is 1.70. The first-order valence-electron chi connectivity index (χ1n) is 13.1. The van der Waals surface area contributed by atoms with Crippen molar-refractivity contribution in [3.63, 3.8) is 0 Å². The van der Waals surface area contributed by atoms with Gasteiger partial charge in [0.1, 0.15) is 17.6 Å². The van der Waals surface area contributed by atoms with E-state index in [1.807, 2.05) is 70.2 Å². The highest BCUT2D eigenvalue weighted by molar-refractivity contribution is 5.95. The summed E-state index contributed by atoms with van der Waals surface area (Å²) >= 11 is 0. The number of carbonyl (C=O) groups excluding carboxylic acids is 3. The van der Waals surface area contributed by atoms with Crippen molar-refractivity contribution in [1.29, 1.82) is 0 Å². The SMILES string of the molecule is CCN(CC1=C(C=O)CC=C(NC(=O)c2ccc(OC)cc2)C=C1)c1ccc(C(C)C(=O)OC(C)(C)C)cc1. The molecule has 3 rings (SSSR count). The minimum absolute atomic E-state index is 0.236. The molecule has 2 aromatic carbocycles. The van der Waals surface area contributed by atoms with Crippen LogP contribution in [0.5, 0.6) is 5.75 Å². The van der Waals surface area contributed by atoms with E-state index in [0.29, 0.717) is 35.5 Å². The van der Waals surface area contributed by atoms with Gasteiger partial charge in [0.2, 0.25) is 0 Å². The van der Waals surface area contributed by atoms with Crippen LogP contribution in [0.15, 0.2) is 83.6 Å². The molecule has 1 unspecified atom stereocenters. The molecule has 0 aromatic heterocycles. The molecule has 0 spiro atoms. The molecule has 39 heavy (non-hydrogen) atoms. The first-order chi connectivity index (χ1) is 18.5. The van der Waals surface area contributed by atoms with Gasteiger partial charge in [-0.05, 0) is 94.7 Å². The second kappa shape index (κ2) is 13.1. The number of anilines is 1. The number of aldehydes is 1. The molecule has 1 N–H and O–H groups in total. The van der Waals surface area contributed by atoms with Gasteiger partial charge in [-0.25, -0.2) is 0 Å². The number of nitrogens with one attached hydrogen (secondary N) is 1. The van der Waals surface area contributed by atoms with Gasteiger partial charge in [0.15, 0.2) is 0 Å². The number of benzene rings is 2. The van der Waals surface area contributed by atoms with Crippen molar-refractivity contribution in [1.82, 2.24) is 5.32 Å². The van der Waals surface area contributed by atoms with Gasteiger partial charge in [-0.1, -0.05) is 24.3 Å². The lowest BCUT2D eigenvalue weighted by molar-refractivity contribution is -0.156. The van der Waals surface area contributed by atoms with Crippen LogP contribution in [0, 0.1) is 0 Å². The molecule has 0 bridgehead atoms. The smallest absolute Gasteiger partial charge is 0.313 e. The van der Waals surface area contributed by atoms with Crippen molar-refractivity contribution in [3.8, 4) is 5.75 Å². The number of rotatable bonds is 10. The third-order valence-electron chi connectivity index (χ3n) is 6.43. The topological polar surface area (TPSA) is 84.9 Å². The van der Waals surface area contributed by atoms with Crippen LogP contribution < -0.4 is 15.0 Å². The molecule has 0 radical (unpaired) electrons. The Hall–Kier alpha value is -4.13. The van der Waals surface area contributed by atoms with Gasteiger partial charge in [-0.2, -0.15) is 0 Å². The second-order valence-corrected chi connectivity index (χ2v) is 10.4. The first-order valence-corrected chi connectivity index (χ1v) is 13.1. The lowest BCUT2D eigenvalue weighted by atomic mass is 10.00. The lowest BCUT2D eigenvalue weighted by Gasteiger charge is -2.25. The molecule has 0 fully saturated rings. The van der Waals surface area contributed by atoms with Crippen LogP contribution in [0.1, 0.15) is 62.9 Å². The van der Waals surface area contributed by atoms with Gasteiger partial charge in [0.25, 0.3) is 5.91 Å². The van der Waals surface area contributed by atoms with Gasteiger partial charge in [-0.15, -0.1) is 0 Å². The lowest BCUT2D eigenvalue weighted by Crippen LogP contribution is -2.27. The maximum atomic E-state index is 12.7. The predicted octanol–water partition coefficient (Wildman–Crippen LogP) is 5.74. The normalized spacial score (nSPS) is 14.2. The number of allylic oxidation sites excluding steroid dienone is 3. The number of nitrogens with zero attached hydrogens (tertiary/aromatic N) is 1. The Morgan fingerprint density at radius 1 is 1.05 bits per heavy atom. The van der Waals surface area contributed by atoms with Crippen molar-refractivity contribution in [2.45, 2.75) is 52.6 Å². The Labute approximate surface area is 231 Å². The molecule has 0 saturated heterocycles. The minimum Gasteiger partial charge on any atom is -0.497 e. The van der Waals surface area contributed by atoms with E-state index in [4.69, 9.17) is 9.47 Å². The van der Waals surface area contributed by atoms with Crippen molar-refractivity contribution < 1.29 is 23.9 Å². The number of ether oxygens (including phenoxy) is 2. The van der Waals surface area contributed by atoms with Crippen LogP contribution in [0.4, 0.5) is 5.69 Å². The highest BCUT2D eigenvalue weighted by atomic mass is 16.6. The predicted molar refractivity (Wildman–Crippen MR) is 154 cm³/mol. The zero-order valence-corrected chi connectivity index (χ0v) is 23.6. The fourth-order valence-electron chi connectivity index (χ4n) is 4.12. The van der Waals surface area contributed by atoms with Gasteiger partial charge in [-0.3, -0.25) is 14.4 Å². The number of hydrogen-bond donors (Lipinski definition) is 1. The maximum Gasteiger partial charge on any atom is 0.313 e. The van der Waals surface area contributed by atoms with Crippen LogP contribution in [-0.4, -0.2) is 44.0 Å². The molecule has 2 aromatic rings. The highest BCUT2D eigenvalue weighted by Gasteiger charge is 2.23. The van der Waals surface area contributed by atoms with E-state index in [1.54, 1.807) is 31.4 Å². The molecule has 1 amide bonds. The quantitative estimate of drug-likeness (QED) is 0.312. The zero-order chi connectivity index (χ0) is 28.6. The van der Waals surface area contributed by atoms with E-state index >= 15 is 0 Å². The summed E-state index contributed by atoms with van der Waals surface area (Å²) in [5, 5.41) is 2.92.